The van der Waals surface area contributed by atoms with E-state index in [4.69, 9.17) is 0 Å². The van der Waals surface area contributed by atoms with Crippen LogP contribution >= 0.6 is 0 Å². The molecule has 0 aliphatic rings. The van der Waals surface area contributed by atoms with Gasteiger partial charge in [0.05, 0.1) is 0 Å². The van der Waals surface area contributed by atoms with Gasteiger partial charge >= 0.3 is 0 Å². The van der Waals surface area contributed by atoms with Crippen molar-refractivity contribution in [1.29, 1.82) is 0 Å². The van der Waals surface area contributed by atoms with Gasteiger partial charge in [-0.05, 0) is 13.3 Å². The minimum atomic E-state index is -0.831. The predicted molar refractivity (Wildman–Crippen MR) is 51.4 cm³/mol. The summed E-state index contributed by atoms with van der Waals surface area (Å²) in [5.74, 6) is 0.588. The third-order valence-corrected chi connectivity index (χ3v) is 2.34. The van der Waals surface area contributed by atoms with Crippen molar-refractivity contribution in [3.05, 3.63) is 0 Å². The molecule has 0 aliphatic carbocycles. The van der Waals surface area contributed by atoms with Crippen LogP contribution in [-0.4, -0.2) is 28.2 Å². The Kier molecular flexibility index (Phi) is 5.98. The molecule has 0 aliphatic heterocycles. The first kappa shape index (κ1) is 11.6. The normalized spacial score (nSPS) is 15.2. The zero-order chi connectivity index (χ0) is 9.56. The Balaban J connectivity index is 3.61. The van der Waals surface area contributed by atoms with Crippen molar-refractivity contribution in [3.8, 4) is 0 Å². The topological polar surface area (TPSA) is 46.2 Å². The van der Waals surface area contributed by atoms with Crippen LogP contribution in [0.2, 0.25) is 0 Å². The quantitative estimate of drug-likeness (QED) is 0.694. The maximum absolute atomic E-state index is 11.0. The zero-order valence-electron chi connectivity index (χ0n) is 7.92. The average molecular weight is 191 g/mol. The molecule has 1 amide bonds. The third kappa shape index (κ3) is 6.34. The number of carbonyl (C=O) groups is 1. The largest absolute Gasteiger partial charge is 0.353 e. The number of rotatable bonds is 5. The number of nitrogens with one attached hydrogen (secondary N) is 1. The minimum Gasteiger partial charge on any atom is -0.353 e. The molecule has 12 heavy (non-hydrogen) atoms. The molecule has 0 saturated carbocycles. The van der Waals surface area contributed by atoms with Crippen LogP contribution in [0.3, 0.4) is 0 Å². The van der Waals surface area contributed by atoms with E-state index in [0.717, 1.165) is 6.42 Å². The highest BCUT2D eigenvalue weighted by atomic mass is 32.2. The summed E-state index contributed by atoms with van der Waals surface area (Å²) in [6.45, 7) is 3.83. The molecule has 2 unspecified atom stereocenters. The van der Waals surface area contributed by atoms with Crippen LogP contribution in [0.15, 0.2) is 0 Å². The molecule has 1 N–H and O–H groups in total. The first-order valence-corrected chi connectivity index (χ1v) is 5.88. The van der Waals surface area contributed by atoms with Crippen molar-refractivity contribution >= 4 is 16.7 Å². The molecular formula is C8H17NO2S. The second-order valence-corrected chi connectivity index (χ2v) is 4.44. The van der Waals surface area contributed by atoms with Crippen molar-refractivity contribution in [3.63, 3.8) is 0 Å². The molecule has 0 fully saturated rings. The van der Waals surface area contributed by atoms with Gasteiger partial charge in [-0.15, -0.1) is 0 Å². The minimum absolute atomic E-state index is 0.0230. The van der Waals surface area contributed by atoms with E-state index >= 15 is 0 Å². The summed E-state index contributed by atoms with van der Waals surface area (Å²) in [6.07, 6.45) is 3.05. The van der Waals surface area contributed by atoms with E-state index in [-0.39, 0.29) is 11.9 Å². The van der Waals surface area contributed by atoms with Crippen LogP contribution in [0.4, 0.5) is 0 Å². The Morgan fingerprint density at radius 1 is 1.58 bits per heavy atom. The van der Waals surface area contributed by atoms with Crippen molar-refractivity contribution in [1.82, 2.24) is 5.32 Å². The van der Waals surface area contributed by atoms with Gasteiger partial charge in [-0.25, -0.2) is 0 Å². The van der Waals surface area contributed by atoms with Crippen LogP contribution in [0, 0.1) is 0 Å². The van der Waals surface area contributed by atoms with Crippen molar-refractivity contribution < 1.29 is 9.00 Å². The van der Waals surface area contributed by atoms with E-state index in [0.29, 0.717) is 12.2 Å². The molecule has 2 atom stereocenters. The summed E-state index contributed by atoms with van der Waals surface area (Å²) in [5.41, 5.74) is 0. The Morgan fingerprint density at radius 3 is 2.58 bits per heavy atom. The summed E-state index contributed by atoms with van der Waals surface area (Å²) in [6, 6.07) is 0.0230. The van der Waals surface area contributed by atoms with E-state index < -0.39 is 10.8 Å². The van der Waals surface area contributed by atoms with Crippen LogP contribution < -0.4 is 5.32 Å². The standard InChI is InChI=1S/C8H17NO2S/c1-4-5-8(10)9-7(2)6-12(3)11/h7H,4-6H2,1-3H3,(H,9,10). The van der Waals surface area contributed by atoms with Crippen LogP contribution in [0.5, 0.6) is 0 Å². The Labute approximate surface area is 76.4 Å². The Morgan fingerprint density at radius 2 is 2.17 bits per heavy atom. The maximum atomic E-state index is 11.0. The molecule has 0 bridgehead atoms. The number of hydrogen-bond donors (Lipinski definition) is 1. The molecule has 72 valence electrons. The molecule has 0 heterocycles. The maximum Gasteiger partial charge on any atom is 0.220 e. The molecule has 0 spiro atoms. The van der Waals surface area contributed by atoms with Gasteiger partial charge in [-0.1, -0.05) is 6.92 Å². The summed E-state index contributed by atoms with van der Waals surface area (Å²) >= 11 is 0. The summed E-state index contributed by atoms with van der Waals surface area (Å²) in [7, 11) is -0.831. The monoisotopic (exact) mass is 191 g/mol. The Hall–Kier alpha value is -0.380. The highest BCUT2D eigenvalue weighted by molar-refractivity contribution is 7.84. The van der Waals surface area contributed by atoms with Gasteiger partial charge < -0.3 is 5.32 Å². The second kappa shape index (κ2) is 6.17. The molecule has 0 aromatic heterocycles. The lowest BCUT2D eigenvalue weighted by molar-refractivity contribution is -0.121. The van der Waals surface area contributed by atoms with Crippen LogP contribution in [-0.2, 0) is 15.6 Å². The number of carbonyl (C=O) groups excluding carboxylic acids is 1. The molecular weight excluding hydrogens is 174 g/mol. The number of amides is 1. The van der Waals surface area contributed by atoms with Gasteiger partial charge in [0.2, 0.25) is 5.91 Å². The lowest BCUT2D eigenvalue weighted by Crippen LogP contribution is -2.35. The SMILES string of the molecule is CCCC(=O)NC(C)CS(C)=O. The second-order valence-electron chi connectivity index (χ2n) is 2.96. The van der Waals surface area contributed by atoms with Crippen molar-refractivity contribution in [2.45, 2.75) is 32.7 Å². The predicted octanol–water partition coefficient (Wildman–Crippen LogP) is 0.670. The van der Waals surface area contributed by atoms with E-state index in [9.17, 15) is 9.00 Å². The van der Waals surface area contributed by atoms with E-state index in [1.807, 2.05) is 13.8 Å². The summed E-state index contributed by atoms with van der Waals surface area (Å²) in [5, 5.41) is 2.78. The molecule has 0 saturated heterocycles. The Bertz CT molecular complexity index is 170. The summed E-state index contributed by atoms with van der Waals surface area (Å²) < 4.78 is 10.8. The molecule has 0 aromatic carbocycles. The molecule has 0 rings (SSSR count). The van der Waals surface area contributed by atoms with Gasteiger partial charge in [0, 0.05) is 35.3 Å². The van der Waals surface area contributed by atoms with E-state index in [2.05, 4.69) is 5.32 Å². The fourth-order valence-electron chi connectivity index (χ4n) is 0.968. The van der Waals surface area contributed by atoms with Crippen LogP contribution in [0.25, 0.3) is 0 Å². The molecule has 0 aromatic rings. The lowest BCUT2D eigenvalue weighted by Gasteiger charge is -2.11. The van der Waals surface area contributed by atoms with Crippen molar-refractivity contribution in [2.75, 3.05) is 12.0 Å². The fraction of sp³-hybridized carbons (Fsp3) is 0.875. The molecule has 0 radical (unpaired) electrons. The van der Waals surface area contributed by atoms with Gasteiger partial charge in [0.1, 0.15) is 0 Å². The van der Waals surface area contributed by atoms with Crippen LogP contribution in [0.1, 0.15) is 26.7 Å². The van der Waals surface area contributed by atoms with Crippen molar-refractivity contribution in [2.24, 2.45) is 0 Å². The fourth-order valence-corrected chi connectivity index (χ4v) is 1.76. The molecule has 3 nitrogen and oxygen atoms in total. The highest BCUT2D eigenvalue weighted by Crippen LogP contribution is 1.90. The van der Waals surface area contributed by atoms with E-state index in [1.54, 1.807) is 6.26 Å². The highest BCUT2D eigenvalue weighted by Gasteiger charge is 2.06. The van der Waals surface area contributed by atoms with Gasteiger partial charge in [-0.3, -0.25) is 9.00 Å². The smallest absolute Gasteiger partial charge is 0.220 e. The third-order valence-electron chi connectivity index (χ3n) is 1.37. The lowest BCUT2D eigenvalue weighted by atomic mass is 10.3. The van der Waals surface area contributed by atoms with Gasteiger partial charge in [0.15, 0.2) is 0 Å². The van der Waals surface area contributed by atoms with E-state index in [1.165, 1.54) is 0 Å². The molecule has 4 heteroatoms. The van der Waals surface area contributed by atoms with Gasteiger partial charge in [-0.2, -0.15) is 0 Å². The van der Waals surface area contributed by atoms with Gasteiger partial charge in [0.25, 0.3) is 0 Å². The summed E-state index contributed by atoms with van der Waals surface area (Å²) in [4.78, 5) is 11.0. The zero-order valence-corrected chi connectivity index (χ0v) is 8.74. The first-order valence-electron chi connectivity index (χ1n) is 4.15. The first-order chi connectivity index (χ1) is 5.56. The number of hydrogen-bond acceptors (Lipinski definition) is 2. The average Bonchev–Trinajstić information content (AvgIpc) is 1.84.